The molecule has 0 bridgehead atoms. The maximum absolute atomic E-state index is 10.4. The lowest BCUT2D eigenvalue weighted by Gasteiger charge is -2.16. The van der Waals surface area contributed by atoms with Gasteiger partial charge in [0.1, 0.15) is 5.75 Å². The first-order valence-electron chi connectivity index (χ1n) is 4.63. The summed E-state index contributed by atoms with van der Waals surface area (Å²) in [6.45, 7) is 0. The van der Waals surface area contributed by atoms with Crippen LogP contribution in [-0.4, -0.2) is 44.2 Å². The van der Waals surface area contributed by atoms with Crippen molar-refractivity contribution in [2.45, 2.75) is 10.5 Å². The van der Waals surface area contributed by atoms with Crippen LogP contribution in [0.4, 0.5) is 0 Å². The quantitative estimate of drug-likeness (QED) is 0.835. The van der Waals surface area contributed by atoms with Crippen molar-refractivity contribution >= 4 is 41.3 Å². The number of hydrogen-bond donors (Lipinski definition) is 1. The fourth-order valence-electron chi connectivity index (χ4n) is 1.17. The fraction of sp³-hybridized carbons (Fsp3) is 0.625. The van der Waals surface area contributed by atoms with E-state index >= 15 is 0 Å². The average Bonchev–Trinajstić information content (AvgIpc) is 2.76. The van der Waals surface area contributed by atoms with E-state index in [0.717, 1.165) is 23.3 Å². The Balaban J connectivity index is 1.93. The normalized spacial score (nSPS) is 20.9. The molecule has 0 saturated carbocycles. The third-order valence-corrected chi connectivity index (χ3v) is 5.40. The molecule has 1 unspecified atom stereocenters. The van der Waals surface area contributed by atoms with Crippen molar-refractivity contribution in [3.8, 4) is 0 Å². The minimum Gasteiger partial charge on any atom is -0.481 e. The number of carbonyl (C=O) groups is 1. The molecule has 0 aromatic carbocycles. The standard InChI is InChI=1S/C8H10N2O3S3/c11-6(12)4-16-8-9-7(10-13-8)5-3-14-1-2-15-5/h5H,1-4H2,(H,11,12). The van der Waals surface area contributed by atoms with E-state index in [1.54, 1.807) is 0 Å². The summed E-state index contributed by atoms with van der Waals surface area (Å²) < 4.78 is 4.98. The summed E-state index contributed by atoms with van der Waals surface area (Å²) in [5.41, 5.74) is 0. The Bertz CT molecular complexity index is 365. The lowest BCUT2D eigenvalue weighted by Crippen LogP contribution is -2.07. The number of hydrogen-bond acceptors (Lipinski definition) is 7. The molecule has 1 aliphatic rings. The van der Waals surface area contributed by atoms with Gasteiger partial charge < -0.3 is 9.63 Å². The van der Waals surface area contributed by atoms with Gasteiger partial charge >= 0.3 is 5.97 Å². The number of carboxylic acids is 1. The molecule has 1 atom stereocenters. The molecule has 1 fully saturated rings. The summed E-state index contributed by atoms with van der Waals surface area (Å²) >= 11 is 4.76. The number of thioether (sulfide) groups is 3. The molecule has 2 rings (SSSR count). The minimum absolute atomic E-state index is 0.0474. The average molecular weight is 278 g/mol. The summed E-state index contributed by atoms with van der Waals surface area (Å²) in [4.78, 5) is 14.6. The summed E-state index contributed by atoms with van der Waals surface area (Å²) in [6, 6.07) is 0. The second-order valence-electron chi connectivity index (χ2n) is 3.04. The molecule has 16 heavy (non-hydrogen) atoms. The third-order valence-electron chi connectivity index (χ3n) is 1.85. The summed E-state index contributed by atoms with van der Waals surface area (Å²) in [5.74, 6) is 3.01. The molecule has 1 saturated heterocycles. The zero-order valence-electron chi connectivity index (χ0n) is 8.29. The van der Waals surface area contributed by atoms with Gasteiger partial charge in [-0.15, -0.1) is 11.8 Å². The van der Waals surface area contributed by atoms with Crippen LogP contribution in [0, 0.1) is 0 Å². The number of aliphatic carboxylic acids is 1. The van der Waals surface area contributed by atoms with Gasteiger partial charge in [-0.25, -0.2) is 0 Å². The van der Waals surface area contributed by atoms with Gasteiger partial charge in [0.25, 0.3) is 5.22 Å². The Morgan fingerprint density at radius 3 is 3.19 bits per heavy atom. The van der Waals surface area contributed by atoms with Crippen LogP contribution in [0.1, 0.15) is 11.1 Å². The molecule has 2 heterocycles. The highest BCUT2D eigenvalue weighted by Crippen LogP contribution is 2.35. The first-order chi connectivity index (χ1) is 7.75. The molecule has 0 radical (unpaired) electrons. The highest BCUT2D eigenvalue weighted by Gasteiger charge is 2.22. The second-order valence-corrected chi connectivity index (χ2v) is 6.42. The van der Waals surface area contributed by atoms with Gasteiger partial charge in [0.2, 0.25) is 0 Å². The van der Waals surface area contributed by atoms with Crippen molar-refractivity contribution in [1.82, 2.24) is 10.1 Å². The molecule has 0 aliphatic carbocycles. The Kier molecular flexibility index (Phi) is 4.42. The molecular formula is C8H10N2O3S3. The molecule has 1 aromatic heterocycles. The van der Waals surface area contributed by atoms with E-state index in [1.807, 2.05) is 23.5 Å². The van der Waals surface area contributed by atoms with Gasteiger partial charge in [0, 0.05) is 17.3 Å². The van der Waals surface area contributed by atoms with Gasteiger partial charge in [-0.05, 0) is 0 Å². The van der Waals surface area contributed by atoms with E-state index in [9.17, 15) is 4.79 Å². The molecule has 1 aliphatic heterocycles. The van der Waals surface area contributed by atoms with Crippen molar-refractivity contribution in [1.29, 1.82) is 0 Å². The maximum atomic E-state index is 10.4. The van der Waals surface area contributed by atoms with Gasteiger partial charge in [-0.3, -0.25) is 4.79 Å². The Morgan fingerprint density at radius 2 is 2.50 bits per heavy atom. The molecule has 1 aromatic rings. The van der Waals surface area contributed by atoms with E-state index in [2.05, 4.69) is 10.1 Å². The summed E-state index contributed by atoms with van der Waals surface area (Å²) in [6.07, 6.45) is 0. The number of rotatable bonds is 4. The SMILES string of the molecule is O=C(O)CSc1nc(C2CSCCS2)no1. The monoisotopic (exact) mass is 278 g/mol. The van der Waals surface area contributed by atoms with E-state index < -0.39 is 5.97 Å². The van der Waals surface area contributed by atoms with Gasteiger partial charge in [-0.1, -0.05) is 16.9 Å². The van der Waals surface area contributed by atoms with Crippen molar-refractivity contribution < 1.29 is 14.4 Å². The van der Waals surface area contributed by atoms with E-state index in [-0.39, 0.29) is 11.0 Å². The smallest absolute Gasteiger partial charge is 0.314 e. The number of carboxylic acid groups (broad SMARTS) is 1. The number of nitrogens with zero attached hydrogens (tertiary/aromatic N) is 2. The van der Waals surface area contributed by atoms with Gasteiger partial charge in [0.15, 0.2) is 5.82 Å². The van der Waals surface area contributed by atoms with Gasteiger partial charge in [-0.2, -0.15) is 16.7 Å². The third kappa shape index (κ3) is 3.33. The van der Waals surface area contributed by atoms with Crippen molar-refractivity contribution in [2.24, 2.45) is 0 Å². The molecule has 1 N–H and O–H groups in total. The highest BCUT2D eigenvalue weighted by atomic mass is 32.2. The van der Waals surface area contributed by atoms with Crippen LogP contribution in [0.2, 0.25) is 0 Å². The maximum Gasteiger partial charge on any atom is 0.314 e. The zero-order valence-corrected chi connectivity index (χ0v) is 10.7. The van der Waals surface area contributed by atoms with Crippen LogP contribution < -0.4 is 0 Å². The Labute approximate surface area is 105 Å². The van der Waals surface area contributed by atoms with Crippen molar-refractivity contribution in [2.75, 3.05) is 23.0 Å². The first-order valence-corrected chi connectivity index (χ1v) is 7.82. The Morgan fingerprint density at radius 1 is 1.62 bits per heavy atom. The molecule has 5 nitrogen and oxygen atoms in total. The predicted molar refractivity (Wildman–Crippen MR) is 65.2 cm³/mol. The molecule has 8 heteroatoms. The summed E-state index contributed by atoms with van der Waals surface area (Å²) in [7, 11) is 0. The molecule has 88 valence electrons. The van der Waals surface area contributed by atoms with Crippen LogP contribution in [0.25, 0.3) is 0 Å². The van der Waals surface area contributed by atoms with E-state index in [4.69, 9.17) is 9.63 Å². The Hall–Kier alpha value is -0.340. The van der Waals surface area contributed by atoms with Crippen LogP contribution in [-0.2, 0) is 4.79 Å². The fourth-order valence-corrected chi connectivity index (χ4v) is 4.25. The van der Waals surface area contributed by atoms with E-state index in [0.29, 0.717) is 11.0 Å². The largest absolute Gasteiger partial charge is 0.481 e. The molecular weight excluding hydrogens is 268 g/mol. The van der Waals surface area contributed by atoms with Crippen molar-refractivity contribution in [3.05, 3.63) is 5.82 Å². The predicted octanol–water partition coefficient (Wildman–Crippen LogP) is 1.77. The second kappa shape index (κ2) is 5.83. The zero-order chi connectivity index (χ0) is 11.4. The lowest BCUT2D eigenvalue weighted by atomic mass is 10.4. The lowest BCUT2D eigenvalue weighted by molar-refractivity contribution is -0.133. The first kappa shape index (κ1) is 12.1. The molecule has 0 spiro atoms. The topological polar surface area (TPSA) is 76.2 Å². The van der Waals surface area contributed by atoms with Crippen LogP contribution in [0.5, 0.6) is 0 Å². The molecule has 0 amide bonds. The van der Waals surface area contributed by atoms with Crippen LogP contribution in [0.3, 0.4) is 0 Å². The minimum atomic E-state index is -0.882. The van der Waals surface area contributed by atoms with Crippen molar-refractivity contribution in [3.63, 3.8) is 0 Å². The van der Waals surface area contributed by atoms with Crippen LogP contribution >= 0.6 is 35.3 Å². The van der Waals surface area contributed by atoms with Crippen LogP contribution in [0.15, 0.2) is 9.75 Å². The summed E-state index contributed by atoms with van der Waals surface area (Å²) in [5, 5.41) is 13.0. The number of aromatic nitrogens is 2. The highest BCUT2D eigenvalue weighted by molar-refractivity contribution is 8.06. The van der Waals surface area contributed by atoms with Gasteiger partial charge in [0.05, 0.1) is 5.25 Å². The van der Waals surface area contributed by atoms with E-state index in [1.165, 1.54) is 5.75 Å².